The van der Waals surface area contributed by atoms with Gasteiger partial charge < -0.3 is 10.0 Å². The van der Waals surface area contributed by atoms with Crippen LogP contribution in [-0.2, 0) is 9.59 Å². The summed E-state index contributed by atoms with van der Waals surface area (Å²) < 4.78 is 0. The van der Waals surface area contributed by atoms with Crippen LogP contribution in [0.3, 0.4) is 0 Å². The monoisotopic (exact) mass is 251 g/mol. The minimum atomic E-state index is -0.827. The number of carbonyl (C=O) groups excluding carboxylic acids is 1. The van der Waals surface area contributed by atoms with Gasteiger partial charge in [0.15, 0.2) is 0 Å². The maximum absolute atomic E-state index is 12.5. The first-order valence-electron chi connectivity index (χ1n) is 7.23. The van der Waals surface area contributed by atoms with E-state index >= 15 is 0 Å². The van der Waals surface area contributed by atoms with E-state index in [0.717, 1.165) is 12.8 Å². The third kappa shape index (κ3) is 1.91. The molecule has 1 amide bonds. The molecule has 3 fully saturated rings. The highest BCUT2D eigenvalue weighted by Crippen LogP contribution is 2.56. The highest BCUT2D eigenvalue weighted by Gasteiger charge is 2.56. The second-order valence-electron chi connectivity index (χ2n) is 6.02. The summed E-state index contributed by atoms with van der Waals surface area (Å²) in [6, 6.07) is -0.561. The Bertz CT molecular complexity index is 356. The number of hydrogen-bond donors (Lipinski definition) is 1. The van der Waals surface area contributed by atoms with Gasteiger partial charge >= 0.3 is 5.97 Å². The van der Waals surface area contributed by atoms with E-state index in [0.29, 0.717) is 24.8 Å². The zero-order valence-electron chi connectivity index (χ0n) is 10.7. The number of carboxylic acids is 1. The Morgan fingerprint density at radius 3 is 2.17 bits per heavy atom. The Kier molecular flexibility index (Phi) is 3.04. The zero-order chi connectivity index (χ0) is 12.7. The van der Waals surface area contributed by atoms with E-state index in [1.165, 1.54) is 25.7 Å². The number of aliphatic carboxylic acids is 1. The van der Waals surface area contributed by atoms with Crippen LogP contribution in [0.2, 0.25) is 0 Å². The Balaban J connectivity index is 1.69. The summed E-state index contributed by atoms with van der Waals surface area (Å²) in [4.78, 5) is 25.4. The number of nitrogens with zero attached hydrogens (tertiary/aromatic N) is 1. The van der Waals surface area contributed by atoms with Crippen LogP contribution < -0.4 is 0 Å². The van der Waals surface area contributed by atoms with Crippen molar-refractivity contribution in [1.82, 2.24) is 4.90 Å². The molecule has 1 heterocycles. The largest absolute Gasteiger partial charge is 0.480 e. The van der Waals surface area contributed by atoms with Crippen molar-refractivity contribution in [3.05, 3.63) is 0 Å². The SMILES string of the molecule is O=C(O)[C@@H]1CCCCN1C(=O)C1[C@H]2CCCC[C@H]12. The van der Waals surface area contributed by atoms with E-state index in [2.05, 4.69) is 0 Å². The molecular formula is C14H21NO3. The van der Waals surface area contributed by atoms with E-state index in [1.807, 2.05) is 0 Å². The summed E-state index contributed by atoms with van der Waals surface area (Å²) in [6.07, 6.45) is 7.35. The molecule has 1 aliphatic heterocycles. The topological polar surface area (TPSA) is 57.6 Å². The number of piperidine rings is 1. The third-order valence-corrected chi connectivity index (χ3v) is 5.01. The van der Waals surface area contributed by atoms with Crippen LogP contribution in [0.4, 0.5) is 0 Å². The van der Waals surface area contributed by atoms with Crippen molar-refractivity contribution in [3.8, 4) is 0 Å². The van der Waals surface area contributed by atoms with Gasteiger partial charge in [0.1, 0.15) is 6.04 Å². The highest BCUT2D eigenvalue weighted by atomic mass is 16.4. The van der Waals surface area contributed by atoms with Crippen molar-refractivity contribution >= 4 is 11.9 Å². The highest BCUT2D eigenvalue weighted by molar-refractivity contribution is 5.87. The van der Waals surface area contributed by atoms with Gasteiger partial charge in [0, 0.05) is 12.5 Å². The van der Waals surface area contributed by atoms with E-state index in [-0.39, 0.29) is 11.8 Å². The van der Waals surface area contributed by atoms with Gasteiger partial charge in [-0.25, -0.2) is 4.79 Å². The molecule has 4 heteroatoms. The van der Waals surface area contributed by atoms with Gasteiger partial charge in [-0.2, -0.15) is 0 Å². The van der Waals surface area contributed by atoms with Gasteiger partial charge in [0.25, 0.3) is 0 Å². The number of carbonyl (C=O) groups is 2. The van der Waals surface area contributed by atoms with Crippen LogP contribution >= 0.6 is 0 Å². The van der Waals surface area contributed by atoms with Crippen LogP contribution in [-0.4, -0.2) is 34.5 Å². The van der Waals surface area contributed by atoms with Gasteiger partial charge in [-0.3, -0.25) is 4.79 Å². The number of hydrogen-bond acceptors (Lipinski definition) is 2. The van der Waals surface area contributed by atoms with Crippen molar-refractivity contribution < 1.29 is 14.7 Å². The second kappa shape index (κ2) is 4.56. The molecule has 3 atom stereocenters. The predicted octanol–water partition coefficient (Wildman–Crippen LogP) is 1.89. The molecule has 0 aromatic carbocycles. The fourth-order valence-electron chi connectivity index (χ4n) is 4.00. The van der Waals surface area contributed by atoms with Gasteiger partial charge in [-0.05, 0) is 43.9 Å². The number of rotatable bonds is 2. The average Bonchev–Trinajstić information content (AvgIpc) is 3.12. The zero-order valence-corrected chi connectivity index (χ0v) is 10.7. The Hall–Kier alpha value is -1.06. The Labute approximate surface area is 107 Å². The van der Waals surface area contributed by atoms with Crippen LogP contribution in [0.25, 0.3) is 0 Å². The molecule has 4 nitrogen and oxygen atoms in total. The van der Waals surface area contributed by atoms with Crippen molar-refractivity contribution in [1.29, 1.82) is 0 Å². The molecule has 0 spiro atoms. The summed E-state index contributed by atoms with van der Waals surface area (Å²) in [7, 11) is 0. The lowest BCUT2D eigenvalue weighted by molar-refractivity contribution is -0.152. The lowest BCUT2D eigenvalue weighted by atomic mass is 10.0. The smallest absolute Gasteiger partial charge is 0.326 e. The first kappa shape index (κ1) is 12.0. The summed E-state index contributed by atoms with van der Waals surface area (Å²) in [5, 5.41) is 9.22. The molecule has 2 aliphatic carbocycles. The van der Waals surface area contributed by atoms with Crippen molar-refractivity contribution in [2.24, 2.45) is 17.8 Å². The standard InChI is InChI=1S/C14H21NO3/c16-13(12-9-5-1-2-6-10(9)12)15-8-4-3-7-11(15)14(17)18/h9-12H,1-8H2,(H,17,18)/t9-,10-,11-/m0/s1. The minimum Gasteiger partial charge on any atom is -0.480 e. The van der Waals surface area contributed by atoms with Crippen LogP contribution in [0.15, 0.2) is 0 Å². The minimum absolute atomic E-state index is 0.138. The van der Waals surface area contributed by atoms with Gasteiger partial charge in [0.2, 0.25) is 5.91 Å². The number of amides is 1. The Morgan fingerprint density at radius 1 is 0.944 bits per heavy atom. The Morgan fingerprint density at radius 2 is 1.56 bits per heavy atom. The molecule has 18 heavy (non-hydrogen) atoms. The fraction of sp³-hybridized carbons (Fsp3) is 0.857. The summed E-state index contributed by atoms with van der Waals surface area (Å²) >= 11 is 0. The predicted molar refractivity (Wildman–Crippen MR) is 65.9 cm³/mol. The fourth-order valence-corrected chi connectivity index (χ4v) is 4.00. The van der Waals surface area contributed by atoms with Gasteiger partial charge in [0.05, 0.1) is 0 Å². The molecule has 2 saturated carbocycles. The molecule has 1 N–H and O–H groups in total. The van der Waals surface area contributed by atoms with E-state index in [4.69, 9.17) is 0 Å². The summed E-state index contributed by atoms with van der Waals surface area (Å²) in [5.41, 5.74) is 0. The first-order chi connectivity index (χ1) is 8.70. The van der Waals surface area contributed by atoms with Gasteiger partial charge in [-0.1, -0.05) is 12.8 Å². The van der Waals surface area contributed by atoms with Crippen LogP contribution in [0.1, 0.15) is 44.9 Å². The lowest BCUT2D eigenvalue weighted by Crippen LogP contribution is -2.48. The van der Waals surface area contributed by atoms with Crippen LogP contribution in [0, 0.1) is 17.8 Å². The van der Waals surface area contributed by atoms with Crippen molar-refractivity contribution in [2.75, 3.05) is 6.54 Å². The quantitative estimate of drug-likeness (QED) is 0.815. The first-order valence-corrected chi connectivity index (χ1v) is 7.23. The number of carboxylic acid groups (broad SMARTS) is 1. The normalized spacial score (nSPS) is 39.0. The van der Waals surface area contributed by atoms with E-state index in [1.54, 1.807) is 4.90 Å². The molecule has 0 bridgehead atoms. The number of likely N-dealkylation sites (tertiary alicyclic amines) is 1. The molecule has 100 valence electrons. The molecule has 0 radical (unpaired) electrons. The molecule has 0 aromatic heterocycles. The molecule has 0 aromatic rings. The molecular weight excluding hydrogens is 230 g/mol. The molecule has 3 aliphatic rings. The van der Waals surface area contributed by atoms with Crippen molar-refractivity contribution in [2.45, 2.75) is 51.0 Å². The third-order valence-electron chi connectivity index (χ3n) is 5.01. The summed E-state index contributed by atoms with van der Waals surface area (Å²) in [5.74, 6) is 0.614. The second-order valence-corrected chi connectivity index (χ2v) is 6.02. The molecule has 3 rings (SSSR count). The molecule has 1 saturated heterocycles. The lowest BCUT2D eigenvalue weighted by Gasteiger charge is -2.33. The maximum Gasteiger partial charge on any atom is 0.326 e. The van der Waals surface area contributed by atoms with Crippen molar-refractivity contribution in [3.63, 3.8) is 0 Å². The van der Waals surface area contributed by atoms with Crippen LogP contribution in [0.5, 0.6) is 0 Å². The van der Waals surface area contributed by atoms with E-state index in [9.17, 15) is 14.7 Å². The van der Waals surface area contributed by atoms with Gasteiger partial charge in [-0.15, -0.1) is 0 Å². The maximum atomic E-state index is 12.5. The number of fused-ring (bicyclic) bond motifs is 1. The molecule has 0 unspecified atom stereocenters. The van der Waals surface area contributed by atoms with E-state index < -0.39 is 12.0 Å². The average molecular weight is 251 g/mol. The summed E-state index contributed by atoms with van der Waals surface area (Å²) in [6.45, 7) is 0.645.